The van der Waals surface area contributed by atoms with Crippen molar-refractivity contribution >= 4 is 11.7 Å². The van der Waals surface area contributed by atoms with E-state index in [0.29, 0.717) is 5.69 Å². The molecule has 0 spiro atoms. The van der Waals surface area contributed by atoms with Crippen LogP contribution in [0.4, 0.5) is 5.69 Å². The van der Waals surface area contributed by atoms with Gasteiger partial charge in [-0.2, -0.15) is 0 Å². The predicted molar refractivity (Wildman–Crippen MR) is 66.7 cm³/mol. The number of ether oxygens (including phenoxy) is 1. The molecule has 0 bridgehead atoms. The maximum atomic E-state index is 11.7. The van der Waals surface area contributed by atoms with Crippen LogP contribution in [0, 0.1) is 6.92 Å². The van der Waals surface area contributed by atoms with Gasteiger partial charge in [0.15, 0.2) is 0 Å². The topological polar surface area (TPSA) is 78.1 Å². The first kappa shape index (κ1) is 12.0. The molecule has 2 N–H and O–H groups in total. The number of nitrogens with zero attached hydrogens (tertiary/aromatic N) is 2. The Hall–Kier alpha value is -2.43. The van der Waals surface area contributed by atoms with Gasteiger partial charge in [0.05, 0.1) is 11.9 Å². The molecule has 0 aromatic carbocycles. The molecule has 0 saturated carbocycles. The molecule has 0 amide bonds. The van der Waals surface area contributed by atoms with E-state index in [4.69, 9.17) is 10.5 Å². The Morgan fingerprint density at radius 2 is 2.17 bits per heavy atom. The molecule has 2 heterocycles. The summed E-state index contributed by atoms with van der Waals surface area (Å²) < 4.78 is 5.13. The van der Waals surface area contributed by atoms with Crippen LogP contribution in [-0.4, -0.2) is 15.9 Å². The molecular weight excluding hydrogens is 230 g/mol. The highest BCUT2D eigenvalue weighted by Crippen LogP contribution is 2.07. The highest BCUT2D eigenvalue weighted by Gasteiger charge is 2.08. The van der Waals surface area contributed by atoms with Crippen LogP contribution < -0.4 is 5.73 Å². The third-order valence-electron chi connectivity index (χ3n) is 2.30. The number of hydrogen-bond acceptors (Lipinski definition) is 5. The second-order valence-corrected chi connectivity index (χ2v) is 3.92. The van der Waals surface area contributed by atoms with Gasteiger partial charge in [0.1, 0.15) is 12.3 Å². The van der Waals surface area contributed by atoms with Crippen molar-refractivity contribution in [3.63, 3.8) is 0 Å². The van der Waals surface area contributed by atoms with Gasteiger partial charge in [0.2, 0.25) is 0 Å². The molecule has 2 rings (SSSR count). The molecule has 0 aliphatic carbocycles. The van der Waals surface area contributed by atoms with Crippen molar-refractivity contribution in [3.05, 3.63) is 53.6 Å². The summed E-state index contributed by atoms with van der Waals surface area (Å²) in [6, 6.07) is 5.06. The van der Waals surface area contributed by atoms with Crippen molar-refractivity contribution in [2.45, 2.75) is 13.5 Å². The molecule has 0 fully saturated rings. The summed E-state index contributed by atoms with van der Waals surface area (Å²) in [5.74, 6) is -0.475. The van der Waals surface area contributed by atoms with Crippen LogP contribution in [0.1, 0.15) is 21.6 Å². The van der Waals surface area contributed by atoms with E-state index in [2.05, 4.69) is 9.97 Å². The minimum Gasteiger partial charge on any atom is -0.456 e. The maximum absolute atomic E-state index is 11.7. The number of pyridine rings is 2. The summed E-state index contributed by atoms with van der Waals surface area (Å²) >= 11 is 0. The van der Waals surface area contributed by atoms with E-state index in [-0.39, 0.29) is 12.3 Å². The predicted octanol–water partition coefficient (Wildman–Crippen LogP) is 1.72. The Labute approximate surface area is 105 Å². The molecular formula is C13H13N3O2. The zero-order chi connectivity index (χ0) is 13.0. The Balaban J connectivity index is 1.98. The first-order chi connectivity index (χ1) is 8.65. The van der Waals surface area contributed by atoms with Crippen molar-refractivity contribution in [3.8, 4) is 0 Å². The summed E-state index contributed by atoms with van der Waals surface area (Å²) in [6.07, 6.45) is 4.83. The van der Waals surface area contributed by atoms with E-state index >= 15 is 0 Å². The summed E-state index contributed by atoms with van der Waals surface area (Å²) in [7, 11) is 0. The molecule has 0 aliphatic rings. The van der Waals surface area contributed by atoms with Crippen molar-refractivity contribution < 1.29 is 9.53 Å². The Morgan fingerprint density at radius 3 is 2.83 bits per heavy atom. The molecule has 92 valence electrons. The number of hydrogen-bond donors (Lipinski definition) is 1. The van der Waals surface area contributed by atoms with E-state index in [1.807, 2.05) is 13.0 Å². The minimum absolute atomic E-state index is 0.180. The van der Waals surface area contributed by atoms with Crippen molar-refractivity contribution in [2.75, 3.05) is 5.73 Å². The van der Waals surface area contributed by atoms with Gasteiger partial charge in [-0.15, -0.1) is 0 Å². The van der Waals surface area contributed by atoms with Gasteiger partial charge in [0.25, 0.3) is 0 Å². The van der Waals surface area contributed by atoms with Crippen LogP contribution >= 0.6 is 0 Å². The summed E-state index contributed by atoms with van der Waals surface area (Å²) in [4.78, 5) is 19.6. The van der Waals surface area contributed by atoms with Crippen LogP contribution in [0.3, 0.4) is 0 Å². The molecule has 2 aromatic rings. The lowest BCUT2D eigenvalue weighted by Gasteiger charge is -2.04. The quantitative estimate of drug-likeness (QED) is 0.830. The average molecular weight is 243 g/mol. The minimum atomic E-state index is -0.475. The van der Waals surface area contributed by atoms with Crippen LogP contribution in [0.2, 0.25) is 0 Å². The normalized spacial score (nSPS) is 10.1. The van der Waals surface area contributed by atoms with Crippen molar-refractivity contribution in [1.29, 1.82) is 0 Å². The van der Waals surface area contributed by atoms with Crippen LogP contribution in [0.15, 0.2) is 36.8 Å². The van der Waals surface area contributed by atoms with Crippen LogP contribution in [0.25, 0.3) is 0 Å². The summed E-state index contributed by atoms with van der Waals surface area (Å²) in [6.45, 7) is 2.11. The third kappa shape index (κ3) is 3.04. The van der Waals surface area contributed by atoms with Gasteiger partial charge >= 0.3 is 5.97 Å². The third-order valence-corrected chi connectivity index (χ3v) is 2.30. The largest absolute Gasteiger partial charge is 0.456 e. The SMILES string of the molecule is Cc1cncc(COC(=O)c2ccc(N)cn2)c1. The van der Waals surface area contributed by atoms with Crippen LogP contribution in [0.5, 0.6) is 0 Å². The molecule has 0 radical (unpaired) electrons. The zero-order valence-electron chi connectivity index (χ0n) is 9.96. The molecule has 0 aliphatic heterocycles. The summed E-state index contributed by atoms with van der Waals surface area (Å²) in [5, 5.41) is 0. The lowest BCUT2D eigenvalue weighted by atomic mass is 10.2. The van der Waals surface area contributed by atoms with E-state index in [1.54, 1.807) is 18.5 Å². The number of nitrogens with two attached hydrogens (primary N) is 1. The number of carbonyl (C=O) groups is 1. The van der Waals surface area contributed by atoms with Crippen LogP contribution in [-0.2, 0) is 11.3 Å². The highest BCUT2D eigenvalue weighted by molar-refractivity contribution is 5.87. The number of anilines is 1. The second-order valence-electron chi connectivity index (χ2n) is 3.92. The fourth-order valence-electron chi connectivity index (χ4n) is 1.45. The molecule has 2 aromatic heterocycles. The van der Waals surface area contributed by atoms with Gasteiger partial charge in [-0.3, -0.25) is 4.98 Å². The standard InChI is InChI=1S/C13H13N3O2/c1-9-4-10(6-15-5-9)8-18-13(17)12-3-2-11(14)7-16-12/h2-7H,8,14H2,1H3. The van der Waals surface area contributed by atoms with Gasteiger partial charge in [-0.25, -0.2) is 9.78 Å². The van der Waals surface area contributed by atoms with Crippen molar-refractivity contribution in [2.24, 2.45) is 0 Å². The fraction of sp³-hybridized carbons (Fsp3) is 0.154. The first-order valence-corrected chi connectivity index (χ1v) is 5.44. The number of aromatic nitrogens is 2. The monoisotopic (exact) mass is 243 g/mol. The average Bonchev–Trinajstić information content (AvgIpc) is 2.37. The molecule has 5 heteroatoms. The van der Waals surface area contributed by atoms with E-state index < -0.39 is 5.97 Å². The second kappa shape index (κ2) is 5.27. The number of carbonyl (C=O) groups excluding carboxylic acids is 1. The lowest BCUT2D eigenvalue weighted by Crippen LogP contribution is -2.07. The van der Waals surface area contributed by atoms with Gasteiger partial charge in [0, 0.05) is 18.0 Å². The smallest absolute Gasteiger partial charge is 0.357 e. The molecule has 18 heavy (non-hydrogen) atoms. The number of aryl methyl sites for hydroxylation is 1. The summed E-state index contributed by atoms with van der Waals surface area (Å²) in [5.41, 5.74) is 8.10. The maximum Gasteiger partial charge on any atom is 0.357 e. The molecule has 0 unspecified atom stereocenters. The number of nitrogen functional groups attached to an aromatic ring is 1. The number of esters is 1. The lowest BCUT2D eigenvalue weighted by molar-refractivity contribution is 0.0465. The van der Waals surface area contributed by atoms with E-state index in [9.17, 15) is 4.79 Å². The van der Waals surface area contributed by atoms with Crippen molar-refractivity contribution in [1.82, 2.24) is 9.97 Å². The van der Waals surface area contributed by atoms with Gasteiger partial charge < -0.3 is 10.5 Å². The van der Waals surface area contributed by atoms with E-state index in [0.717, 1.165) is 11.1 Å². The van der Waals surface area contributed by atoms with Gasteiger partial charge in [-0.05, 0) is 30.7 Å². The van der Waals surface area contributed by atoms with E-state index in [1.165, 1.54) is 12.3 Å². The molecule has 0 saturated heterocycles. The Bertz CT molecular complexity index is 552. The molecule has 5 nitrogen and oxygen atoms in total. The Kier molecular flexibility index (Phi) is 3.52. The first-order valence-electron chi connectivity index (χ1n) is 5.44. The van der Waals surface area contributed by atoms with Gasteiger partial charge in [-0.1, -0.05) is 0 Å². The Morgan fingerprint density at radius 1 is 1.33 bits per heavy atom. The zero-order valence-corrected chi connectivity index (χ0v) is 9.96. The highest BCUT2D eigenvalue weighted by atomic mass is 16.5. The molecule has 0 atom stereocenters. The fourth-order valence-corrected chi connectivity index (χ4v) is 1.45. The number of rotatable bonds is 3.